The summed E-state index contributed by atoms with van der Waals surface area (Å²) in [5, 5.41) is 0.732. The zero-order valence-corrected chi connectivity index (χ0v) is 10.3. The average Bonchev–Trinajstić information content (AvgIpc) is 2.26. The van der Waals surface area contributed by atoms with Crippen LogP contribution in [0.5, 0.6) is 5.75 Å². The summed E-state index contributed by atoms with van der Waals surface area (Å²) < 4.78 is 10.5. The van der Waals surface area contributed by atoms with E-state index in [-0.39, 0.29) is 0 Å². The summed E-state index contributed by atoms with van der Waals surface area (Å²) in [6.45, 7) is 3.31. The molecule has 3 nitrogen and oxygen atoms in total. The molecule has 0 heterocycles. The molecule has 5 heteroatoms. The van der Waals surface area contributed by atoms with Crippen LogP contribution in [0.25, 0.3) is 0 Å². The van der Waals surface area contributed by atoms with Gasteiger partial charge in [-0.3, -0.25) is 4.79 Å². The lowest BCUT2D eigenvalue weighted by Gasteiger charge is -2.10. The summed E-state index contributed by atoms with van der Waals surface area (Å²) >= 11 is 11.7. The summed E-state index contributed by atoms with van der Waals surface area (Å²) in [7, 11) is 0. The zero-order chi connectivity index (χ0) is 12.0. The molecular weight excluding hydrogens is 251 g/mol. The molecule has 1 rings (SSSR count). The first kappa shape index (κ1) is 13.3. The molecule has 0 amide bonds. The van der Waals surface area contributed by atoms with E-state index in [0.717, 1.165) is 0 Å². The maximum atomic E-state index is 10.8. The van der Waals surface area contributed by atoms with Crippen LogP contribution in [0.1, 0.15) is 17.3 Å². The van der Waals surface area contributed by atoms with Gasteiger partial charge in [-0.05, 0) is 19.1 Å². The maximum Gasteiger partial charge on any atom is 0.153 e. The largest absolute Gasteiger partial charge is 0.489 e. The van der Waals surface area contributed by atoms with Gasteiger partial charge >= 0.3 is 0 Å². The van der Waals surface area contributed by atoms with Gasteiger partial charge in [0.25, 0.3) is 0 Å². The number of ether oxygens (including phenoxy) is 2. The van der Waals surface area contributed by atoms with Gasteiger partial charge in [-0.2, -0.15) is 0 Å². The van der Waals surface area contributed by atoms with Crippen molar-refractivity contribution in [3.8, 4) is 5.75 Å². The van der Waals surface area contributed by atoms with E-state index in [9.17, 15) is 4.79 Å². The van der Waals surface area contributed by atoms with Crippen LogP contribution in [-0.2, 0) is 4.74 Å². The fraction of sp³-hybridized carbons (Fsp3) is 0.364. The number of hydrogen-bond acceptors (Lipinski definition) is 3. The molecule has 16 heavy (non-hydrogen) atoms. The molecule has 0 aliphatic carbocycles. The molecule has 0 aliphatic heterocycles. The van der Waals surface area contributed by atoms with E-state index in [1.807, 2.05) is 6.92 Å². The quantitative estimate of drug-likeness (QED) is 0.584. The molecule has 0 atom stereocenters. The molecule has 1 aromatic rings. The molecule has 0 saturated carbocycles. The van der Waals surface area contributed by atoms with Crippen LogP contribution in [0.2, 0.25) is 10.0 Å². The highest BCUT2D eigenvalue weighted by Gasteiger charge is 2.09. The Morgan fingerprint density at radius 1 is 1.31 bits per heavy atom. The minimum absolute atomic E-state index is 0.325. The second-order valence-corrected chi connectivity index (χ2v) is 3.81. The smallest absolute Gasteiger partial charge is 0.153 e. The molecule has 0 saturated heterocycles. The highest BCUT2D eigenvalue weighted by atomic mass is 35.5. The summed E-state index contributed by atoms with van der Waals surface area (Å²) in [4.78, 5) is 10.8. The lowest BCUT2D eigenvalue weighted by molar-refractivity contribution is 0.106. The third-order valence-electron chi connectivity index (χ3n) is 1.84. The van der Waals surface area contributed by atoms with Crippen molar-refractivity contribution in [3.05, 3.63) is 27.7 Å². The highest BCUT2D eigenvalue weighted by Crippen LogP contribution is 2.31. The van der Waals surface area contributed by atoms with E-state index in [4.69, 9.17) is 32.7 Å². The second kappa shape index (κ2) is 6.74. The van der Waals surface area contributed by atoms with E-state index in [2.05, 4.69) is 0 Å². The Bertz CT molecular complexity index is 366. The first-order valence-corrected chi connectivity index (χ1v) is 5.59. The van der Waals surface area contributed by atoms with Crippen LogP contribution in [-0.4, -0.2) is 26.1 Å². The van der Waals surface area contributed by atoms with Gasteiger partial charge < -0.3 is 9.47 Å². The number of aldehydes is 1. The third-order valence-corrected chi connectivity index (χ3v) is 2.34. The molecule has 0 aromatic heterocycles. The highest BCUT2D eigenvalue weighted by molar-refractivity contribution is 6.36. The molecule has 0 aliphatic rings. The van der Waals surface area contributed by atoms with Gasteiger partial charge in [0.2, 0.25) is 0 Å². The monoisotopic (exact) mass is 262 g/mol. The Morgan fingerprint density at radius 3 is 2.69 bits per heavy atom. The standard InChI is InChI=1S/C11H12Cl2O3/c1-2-15-3-4-16-11-8(7-14)5-9(12)6-10(11)13/h5-7H,2-4H2,1H3. The first-order valence-electron chi connectivity index (χ1n) is 4.83. The number of carbonyl (C=O) groups excluding carboxylic acids is 1. The van der Waals surface area contributed by atoms with E-state index in [1.165, 1.54) is 12.1 Å². The van der Waals surface area contributed by atoms with Crippen molar-refractivity contribution in [1.82, 2.24) is 0 Å². The number of benzene rings is 1. The molecule has 0 unspecified atom stereocenters. The topological polar surface area (TPSA) is 35.5 Å². The van der Waals surface area contributed by atoms with Gasteiger partial charge in [-0.15, -0.1) is 0 Å². The predicted molar refractivity (Wildman–Crippen MR) is 63.8 cm³/mol. The van der Waals surface area contributed by atoms with Crippen LogP contribution in [0.3, 0.4) is 0 Å². The molecule has 0 spiro atoms. The molecule has 88 valence electrons. The van der Waals surface area contributed by atoms with Crippen molar-refractivity contribution in [2.75, 3.05) is 19.8 Å². The van der Waals surface area contributed by atoms with Gasteiger partial charge in [0.05, 0.1) is 17.2 Å². The van der Waals surface area contributed by atoms with Crippen molar-refractivity contribution in [1.29, 1.82) is 0 Å². The Morgan fingerprint density at radius 2 is 2.06 bits per heavy atom. The van der Waals surface area contributed by atoms with E-state index in [1.54, 1.807) is 0 Å². The van der Waals surface area contributed by atoms with Gasteiger partial charge in [0, 0.05) is 11.6 Å². The maximum absolute atomic E-state index is 10.8. The Kier molecular flexibility index (Phi) is 5.60. The number of carbonyl (C=O) groups is 1. The van der Waals surface area contributed by atoms with Gasteiger partial charge in [0.1, 0.15) is 12.4 Å². The van der Waals surface area contributed by atoms with E-state index in [0.29, 0.717) is 47.5 Å². The minimum Gasteiger partial charge on any atom is -0.489 e. The van der Waals surface area contributed by atoms with Gasteiger partial charge in [-0.1, -0.05) is 23.2 Å². The summed E-state index contributed by atoms with van der Waals surface area (Å²) in [5.74, 6) is 0.348. The van der Waals surface area contributed by atoms with Crippen molar-refractivity contribution in [2.24, 2.45) is 0 Å². The first-order chi connectivity index (χ1) is 7.69. The SMILES string of the molecule is CCOCCOc1c(Cl)cc(Cl)cc1C=O. The molecular formula is C11H12Cl2O3. The van der Waals surface area contributed by atoms with Crippen LogP contribution >= 0.6 is 23.2 Å². The summed E-state index contributed by atoms with van der Waals surface area (Å²) in [6.07, 6.45) is 0.660. The Labute approximate surface area is 104 Å². The van der Waals surface area contributed by atoms with Crippen LogP contribution in [0, 0.1) is 0 Å². The molecule has 1 aromatic carbocycles. The lowest BCUT2D eigenvalue weighted by Crippen LogP contribution is -2.07. The average molecular weight is 263 g/mol. The lowest BCUT2D eigenvalue weighted by atomic mass is 10.2. The second-order valence-electron chi connectivity index (χ2n) is 2.97. The predicted octanol–water partition coefficient (Wildman–Crippen LogP) is 3.22. The van der Waals surface area contributed by atoms with Crippen molar-refractivity contribution >= 4 is 29.5 Å². The Hall–Kier alpha value is -0.770. The van der Waals surface area contributed by atoms with Gasteiger partial charge in [0.15, 0.2) is 6.29 Å². The summed E-state index contributed by atoms with van der Waals surface area (Å²) in [6, 6.07) is 3.04. The number of hydrogen-bond donors (Lipinski definition) is 0. The molecule has 0 N–H and O–H groups in total. The normalized spacial score (nSPS) is 10.2. The van der Waals surface area contributed by atoms with Crippen molar-refractivity contribution < 1.29 is 14.3 Å². The number of halogens is 2. The van der Waals surface area contributed by atoms with E-state index < -0.39 is 0 Å². The van der Waals surface area contributed by atoms with Crippen LogP contribution in [0.4, 0.5) is 0 Å². The Balaban J connectivity index is 2.74. The third kappa shape index (κ3) is 3.67. The minimum atomic E-state index is 0.325. The van der Waals surface area contributed by atoms with Crippen LogP contribution < -0.4 is 4.74 Å². The molecule has 0 fully saturated rings. The molecule has 0 bridgehead atoms. The fourth-order valence-corrected chi connectivity index (χ4v) is 1.73. The van der Waals surface area contributed by atoms with Crippen molar-refractivity contribution in [2.45, 2.75) is 6.92 Å². The van der Waals surface area contributed by atoms with Gasteiger partial charge in [-0.25, -0.2) is 0 Å². The summed E-state index contributed by atoms with van der Waals surface area (Å²) in [5.41, 5.74) is 0.342. The zero-order valence-electron chi connectivity index (χ0n) is 8.83. The fourth-order valence-electron chi connectivity index (χ4n) is 1.17. The van der Waals surface area contributed by atoms with E-state index >= 15 is 0 Å². The van der Waals surface area contributed by atoms with Crippen molar-refractivity contribution in [3.63, 3.8) is 0 Å². The number of rotatable bonds is 6. The molecule has 0 radical (unpaired) electrons. The van der Waals surface area contributed by atoms with Crippen LogP contribution in [0.15, 0.2) is 12.1 Å².